The number of amides is 1. The second kappa shape index (κ2) is 8.84. The van der Waals surface area contributed by atoms with E-state index in [4.69, 9.17) is 24.1 Å². The van der Waals surface area contributed by atoms with Gasteiger partial charge in [0.1, 0.15) is 6.04 Å². The van der Waals surface area contributed by atoms with Crippen molar-refractivity contribution in [1.29, 1.82) is 0 Å². The van der Waals surface area contributed by atoms with Crippen LogP contribution >= 0.6 is 0 Å². The third-order valence-corrected chi connectivity index (χ3v) is 3.16. The zero-order valence-corrected chi connectivity index (χ0v) is 13.5. The van der Waals surface area contributed by atoms with Crippen LogP contribution in [0, 0.1) is 0 Å². The summed E-state index contributed by atoms with van der Waals surface area (Å²) in [5.41, 5.74) is 0.147. The van der Waals surface area contributed by atoms with Gasteiger partial charge in [0.15, 0.2) is 11.5 Å². The molecule has 2 N–H and O–H groups in total. The van der Waals surface area contributed by atoms with Crippen LogP contribution in [0.4, 0.5) is 0 Å². The summed E-state index contributed by atoms with van der Waals surface area (Å²) in [6.07, 6.45) is 0.146. The first-order valence-corrected chi connectivity index (χ1v) is 6.81. The molecule has 0 radical (unpaired) electrons. The van der Waals surface area contributed by atoms with Crippen LogP contribution in [0.25, 0.3) is 0 Å². The minimum atomic E-state index is -1.14. The van der Waals surface area contributed by atoms with Crippen LogP contribution in [0.1, 0.15) is 16.8 Å². The predicted octanol–water partition coefficient (Wildman–Crippen LogP) is 0.932. The van der Waals surface area contributed by atoms with E-state index in [0.29, 0.717) is 5.75 Å². The van der Waals surface area contributed by atoms with Gasteiger partial charge >= 0.3 is 5.97 Å². The Kier molecular flexibility index (Phi) is 7.14. The molecule has 23 heavy (non-hydrogen) atoms. The van der Waals surface area contributed by atoms with Crippen molar-refractivity contribution in [2.45, 2.75) is 12.5 Å². The molecule has 8 nitrogen and oxygen atoms in total. The third-order valence-electron chi connectivity index (χ3n) is 3.16. The van der Waals surface area contributed by atoms with E-state index in [1.807, 2.05) is 0 Å². The summed E-state index contributed by atoms with van der Waals surface area (Å²) in [7, 11) is 5.72. The van der Waals surface area contributed by atoms with Gasteiger partial charge in [0.25, 0.3) is 5.91 Å². The van der Waals surface area contributed by atoms with Gasteiger partial charge in [-0.15, -0.1) is 0 Å². The van der Waals surface area contributed by atoms with Crippen molar-refractivity contribution < 1.29 is 33.6 Å². The van der Waals surface area contributed by atoms with Gasteiger partial charge in [-0.2, -0.15) is 0 Å². The van der Waals surface area contributed by atoms with Crippen molar-refractivity contribution in [2.75, 3.05) is 35.0 Å². The highest BCUT2D eigenvalue weighted by Crippen LogP contribution is 2.39. The van der Waals surface area contributed by atoms with Crippen LogP contribution < -0.4 is 19.5 Å². The maximum Gasteiger partial charge on any atom is 0.326 e. The molecule has 0 spiro atoms. The molecule has 1 aromatic carbocycles. The highest BCUT2D eigenvalue weighted by molar-refractivity contribution is 6.00. The molecule has 0 aliphatic rings. The average molecular weight is 327 g/mol. The normalized spacial score (nSPS) is 11.5. The number of hydrogen-bond acceptors (Lipinski definition) is 6. The second-order valence-electron chi connectivity index (χ2n) is 4.53. The lowest BCUT2D eigenvalue weighted by Gasteiger charge is -2.18. The number of hydrogen-bond donors (Lipinski definition) is 2. The van der Waals surface area contributed by atoms with E-state index >= 15 is 0 Å². The van der Waals surface area contributed by atoms with E-state index in [2.05, 4.69) is 5.32 Å². The van der Waals surface area contributed by atoms with Crippen LogP contribution in [0.3, 0.4) is 0 Å². The third kappa shape index (κ3) is 4.49. The molecule has 0 aliphatic heterocycles. The number of carboxylic acids is 1. The molecule has 1 unspecified atom stereocenters. The van der Waals surface area contributed by atoms with Gasteiger partial charge < -0.3 is 29.4 Å². The van der Waals surface area contributed by atoms with E-state index in [0.717, 1.165) is 0 Å². The fraction of sp³-hybridized carbons (Fsp3) is 0.467. The largest absolute Gasteiger partial charge is 0.493 e. The number of rotatable bonds is 9. The van der Waals surface area contributed by atoms with Crippen LogP contribution in [0.15, 0.2) is 12.1 Å². The minimum Gasteiger partial charge on any atom is -0.493 e. The smallest absolute Gasteiger partial charge is 0.326 e. The van der Waals surface area contributed by atoms with Gasteiger partial charge in [-0.3, -0.25) is 4.79 Å². The van der Waals surface area contributed by atoms with Crippen LogP contribution in [-0.4, -0.2) is 58.1 Å². The minimum absolute atomic E-state index is 0.146. The lowest BCUT2D eigenvalue weighted by molar-refractivity contribution is -0.139. The van der Waals surface area contributed by atoms with Gasteiger partial charge in [0.05, 0.1) is 26.9 Å². The van der Waals surface area contributed by atoms with E-state index in [1.165, 1.54) is 34.5 Å². The monoisotopic (exact) mass is 327 g/mol. The highest BCUT2D eigenvalue weighted by atomic mass is 16.5. The van der Waals surface area contributed by atoms with Gasteiger partial charge in [-0.1, -0.05) is 0 Å². The predicted molar refractivity (Wildman–Crippen MR) is 81.5 cm³/mol. The fourth-order valence-corrected chi connectivity index (χ4v) is 2.01. The van der Waals surface area contributed by atoms with Crippen molar-refractivity contribution >= 4 is 11.9 Å². The number of carboxylic acid groups (broad SMARTS) is 1. The lowest BCUT2D eigenvalue weighted by atomic mass is 10.1. The molecule has 1 aromatic rings. The number of methoxy groups -OCH3 is 4. The summed E-state index contributed by atoms with van der Waals surface area (Å²) in [6, 6.07) is 1.95. The summed E-state index contributed by atoms with van der Waals surface area (Å²) in [5.74, 6) is -0.914. The molecule has 1 amide bonds. The van der Waals surface area contributed by atoms with Crippen molar-refractivity contribution in [3.05, 3.63) is 17.7 Å². The Morgan fingerprint density at radius 2 is 1.74 bits per heavy atom. The molecule has 128 valence electrons. The molecule has 0 saturated carbocycles. The van der Waals surface area contributed by atoms with Crippen molar-refractivity contribution in [2.24, 2.45) is 0 Å². The Hall–Kier alpha value is -2.48. The SMILES string of the molecule is COCCC(NC(=O)c1ccc(OC)c(OC)c1OC)C(=O)O. The summed E-state index contributed by atoms with van der Waals surface area (Å²) in [5, 5.41) is 11.6. The van der Waals surface area contributed by atoms with Gasteiger partial charge in [0, 0.05) is 20.1 Å². The molecule has 0 bridgehead atoms. The molecule has 0 heterocycles. The molecule has 0 saturated heterocycles. The molecule has 0 aliphatic carbocycles. The second-order valence-corrected chi connectivity index (χ2v) is 4.53. The maximum absolute atomic E-state index is 12.4. The first-order chi connectivity index (χ1) is 11.0. The molecule has 0 aromatic heterocycles. The highest BCUT2D eigenvalue weighted by Gasteiger charge is 2.25. The summed E-state index contributed by atoms with van der Waals surface area (Å²) < 4.78 is 20.4. The number of aliphatic carboxylic acids is 1. The first kappa shape index (κ1) is 18.6. The quantitative estimate of drug-likeness (QED) is 0.695. The van der Waals surface area contributed by atoms with Crippen molar-refractivity contribution in [3.63, 3.8) is 0 Å². The summed E-state index contributed by atoms with van der Waals surface area (Å²) in [4.78, 5) is 23.6. The van der Waals surface area contributed by atoms with Gasteiger partial charge in [-0.25, -0.2) is 4.79 Å². The van der Waals surface area contributed by atoms with E-state index in [-0.39, 0.29) is 30.1 Å². The number of benzene rings is 1. The summed E-state index contributed by atoms with van der Waals surface area (Å²) in [6.45, 7) is 0.209. The number of nitrogens with one attached hydrogen (secondary N) is 1. The Bertz CT molecular complexity index is 559. The maximum atomic E-state index is 12.4. The standard InChI is InChI=1S/C15H21NO7/c1-20-8-7-10(15(18)19)16-14(17)9-5-6-11(21-2)13(23-4)12(9)22-3/h5-6,10H,7-8H2,1-4H3,(H,16,17)(H,18,19). The van der Waals surface area contributed by atoms with Crippen LogP contribution in [-0.2, 0) is 9.53 Å². The average Bonchev–Trinajstić information content (AvgIpc) is 2.56. The molecule has 0 fully saturated rings. The Morgan fingerprint density at radius 1 is 1.09 bits per heavy atom. The topological polar surface area (TPSA) is 103 Å². The Labute approximate surface area is 134 Å². The molecule has 8 heteroatoms. The molecular weight excluding hydrogens is 306 g/mol. The Morgan fingerprint density at radius 3 is 2.22 bits per heavy atom. The Balaban J connectivity index is 3.09. The number of carbonyl (C=O) groups excluding carboxylic acids is 1. The molecular formula is C15H21NO7. The van der Waals surface area contributed by atoms with Gasteiger partial charge in [-0.05, 0) is 12.1 Å². The van der Waals surface area contributed by atoms with E-state index < -0.39 is 17.9 Å². The fourth-order valence-electron chi connectivity index (χ4n) is 2.01. The zero-order valence-electron chi connectivity index (χ0n) is 13.5. The lowest BCUT2D eigenvalue weighted by Crippen LogP contribution is -2.41. The zero-order chi connectivity index (χ0) is 17.4. The molecule has 1 atom stereocenters. The van der Waals surface area contributed by atoms with Gasteiger partial charge in [0.2, 0.25) is 5.75 Å². The van der Waals surface area contributed by atoms with Crippen LogP contribution in [0.5, 0.6) is 17.2 Å². The molecule has 1 rings (SSSR count). The number of carbonyl (C=O) groups is 2. The number of ether oxygens (including phenoxy) is 4. The first-order valence-electron chi connectivity index (χ1n) is 6.81. The van der Waals surface area contributed by atoms with Crippen molar-refractivity contribution in [3.8, 4) is 17.2 Å². The van der Waals surface area contributed by atoms with Crippen molar-refractivity contribution in [1.82, 2.24) is 5.32 Å². The summed E-state index contributed by atoms with van der Waals surface area (Å²) >= 11 is 0. The van der Waals surface area contributed by atoms with Crippen LogP contribution in [0.2, 0.25) is 0 Å². The van der Waals surface area contributed by atoms with E-state index in [1.54, 1.807) is 6.07 Å². The van der Waals surface area contributed by atoms with E-state index in [9.17, 15) is 9.59 Å².